The molecular weight excluding hydrogens is 424 g/mol. The van der Waals surface area contributed by atoms with Crippen LogP contribution >= 0.6 is 11.3 Å². The number of rotatable bonds is 6. The van der Waals surface area contributed by atoms with Crippen LogP contribution in [0.1, 0.15) is 25.5 Å². The van der Waals surface area contributed by atoms with Gasteiger partial charge in [-0.2, -0.15) is 0 Å². The molecule has 10 heteroatoms. The molecule has 1 aliphatic heterocycles. The number of hydrogen-bond donors (Lipinski definition) is 0. The molecule has 31 heavy (non-hydrogen) atoms. The molecule has 0 amide bonds. The van der Waals surface area contributed by atoms with Gasteiger partial charge >= 0.3 is 11.9 Å². The van der Waals surface area contributed by atoms with Gasteiger partial charge in [0.2, 0.25) is 0 Å². The van der Waals surface area contributed by atoms with Crippen molar-refractivity contribution in [1.82, 2.24) is 4.57 Å². The third-order valence-electron chi connectivity index (χ3n) is 4.69. The van der Waals surface area contributed by atoms with Gasteiger partial charge < -0.3 is 18.9 Å². The molecule has 0 saturated heterocycles. The zero-order valence-corrected chi connectivity index (χ0v) is 18.6. The van der Waals surface area contributed by atoms with Crippen LogP contribution in [0.3, 0.4) is 0 Å². The molecule has 1 aliphatic rings. The zero-order chi connectivity index (χ0) is 22.7. The van der Waals surface area contributed by atoms with E-state index < -0.39 is 23.5 Å². The molecule has 0 N–H and O–H groups in total. The number of thiazole rings is 1. The second-order valence-corrected chi connectivity index (χ2v) is 7.45. The maximum Gasteiger partial charge on any atom is 0.338 e. The lowest BCUT2D eigenvalue weighted by Gasteiger charge is -2.25. The number of benzene rings is 1. The standard InChI is InChI=1S/C21H22N2O7S/c1-6-30-20(26)17-11(2)22-21-23(19(25)15(31-21)10-16(24)29-5)18(17)12-7-8-13(27-3)14(9-12)28-4/h7-10,18H,6H2,1-5H3/b15-10-/t18-/m0/s1. The predicted molar refractivity (Wildman–Crippen MR) is 113 cm³/mol. The van der Waals surface area contributed by atoms with E-state index in [0.29, 0.717) is 27.6 Å². The highest BCUT2D eigenvalue weighted by atomic mass is 32.1. The summed E-state index contributed by atoms with van der Waals surface area (Å²) in [5.41, 5.74) is 0.777. The van der Waals surface area contributed by atoms with Crippen molar-refractivity contribution in [2.75, 3.05) is 27.9 Å². The number of methoxy groups -OCH3 is 3. The molecule has 0 spiro atoms. The van der Waals surface area contributed by atoms with Gasteiger partial charge in [-0.3, -0.25) is 9.36 Å². The van der Waals surface area contributed by atoms with E-state index >= 15 is 0 Å². The van der Waals surface area contributed by atoms with E-state index in [1.165, 1.54) is 25.9 Å². The van der Waals surface area contributed by atoms with Crippen LogP contribution in [0.25, 0.3) is 6.08 Å². The number of fused-ring (bicyclic) bond motifs is 1. The summed E-state index contributed by atoms with van der Waals surface area (Å²) >= 11 is 1.04. The minimum atomic E-state index is -0.824. The number of allylic oxidation sites excluding steroid dienone is 1. The lowest BCUT2D eigenvalue weighted by atomic mass is 9.95. The van der Waals surface area contributed by atoms with Gasteiger partial charge in [0.15, 0.2) is 16.3 Å². The highest BCUT2D eigenvalue weighted by molar-refractivity contribution is 7.07. The molecule has 1 atom stereocenters. The third kappa shape index (κ3) is 4.11. The van der Waals surface area contributed by atoms with Gasteiger partial charge in [-0.15, -0.1) is 0 Å². The summed E-state index contributed by atoms with van der Waals surface area (Å²) in [5, 5.41) is 0. The minimum Gasteiger partial charge on any atom is -0.493 e. The Hall–Kier alpha value is -3.40. The Morgan fingerprint density at radius 3 is 2.52 bits per heavy atom. The van der Waals surface area contributed by atoms with Crippen molar-refractivity contribution >= 4 is 29.4 Å². The van der Waals surface area contributed by atoms with Crippen molar-refractivity contribution < 1.29 is 28.5 Å². The fraction of sp³-hybridized carbons (Fsp3) is 0.333. The lowest BCUT2D eigenvalue weighted by molar-refractivity contribution is -0.139. The number of ether oxygens (including phenoxy) is 4. The van der Waals surface area contributed by atoms with E-state index in [0.717, 1.165) is 17.4 Å². The summed E-state index contributed by atoms with van der Waals surface area (Å²) in [6.45, 7) is 3.54. The van der Waals surface area contributed by atoms with Crippen LogP contribution < -0.4 is 24.4 Å². The molecule has 1 aromatic heterocycles. The summed E-state index contributed by atoms with van der Waals surface area (Å²) < 4.78 is 22.1. The quantitative estimate of drug-likeness (QED) is 0.608. The average molecular weight is 446 g/mol. The first-order chi connectivity index (χ1) is 14.9. The van der Waals surface area contributed by atoms with E-state index in [-0.39, 0.29) is 16.7 Å². The van der Waals surface area contributed by atoms with Crippen molar-refractivity contribution in [3.8, 4) is 11.5 Å². The molecule has 0 bridgehead atoms. The maximum absolute atomic E-state index is 13.2. The molecule has 0 fully saturated rings. The minimum absolute atomic E-state index is 0.147. The van der Waals surface area contributed by atoms with E-state index in [1.54, 1.807) is 32.0 Å². The summed E-state index contributed by atoms with van der Waals surface area (Å²) in [6, 6.07) is 4.30. The van der Waals surface area contributed by atoms with Crippen LogP contribution in [-0.2, 0) is 19.1 Å². The van der Waals surface area contributed by atoms with Gasteiger partial charge in [0.05, 0.1) is 45.2 Å². The van der Waals surface area contributed by atoms with Crippen molar-refractivity contribution in [3.05, 3.63) is 54.7 Å². The lowest BCUT2D eigenvalue weighted by Crippen LogP contribution is -2.40. The highest BCUT2D eigenvalue weighted by Gasteiger charge is 2.34. The van der Waals surface area contributed by atoms with Gasteiger partial charge in [0.1, 0.15) is 4.53 Å². The van der Waals surface area contributed by atoms with Crippen LogP contribution in [0.4, 0.5) is 0 Å². The van der Waals surface area contributed by atoms with Crippen LogP contribution in [0.2, 0.25) is 0 Å². The highest BCUT2D eigenvalue weighted by Crippen LogP contribution is 2.35. The first-order valence-corrected chi connectivity index (χ1v) is 10.2. The Labute approximate surface area is 181 Å². The number of aromatic nitrogens is 1. The van der Waals surface area contributed by atoms with Crippen molar-refractivity contribution in [2.45, 2.75) is 19.9 Å². The summed E-state index contributed by atoms with van der Waals surface area (Å²) in [7, 11) is 4.24. The Balaban J connectivity index is 2.32. The van der Waals surface area contributed by atoms with E-state index in [4.69, 9.17) is 14.2 Å². The Morgan fingerprint density at radius 1 is 1.19 bits per heavy atom. The molecule has 0 radical (unpaired) electrons. The number of esters is 2. The fourth-order valence-electron chi connectivity index (χ4n) is 3.30. The van der Waals surface area contributed by atoms with E-state index in [1.807, 2.05) is 0 Å². The van der Waals surface area contributed by atoms with Gasteiger partial charge in [-0.05, 0) is 31.5 Å². The topological polar surface area (TPSA) is 105 Å². The first kappa shape index (κ1) is 22.3. The van der Waals surface area contributed by atoms with Crippen LogP contribution in [0, 0.1) is 0 Å². The number of nitrogens with zero attached hydrogens (tertiary/aromatic N) is 2. The Kier molecular flexibility index (Phi) is 6.59. The molecule has 0 unspecified atom stereocenters. The SMILES string of the molecule is CCOC(=O)C1=C(C)N=c2s/c(=C\C(=O)OC)c(=O)n2[C@H]1c1ccc(OC)c(OC)c1. The molecule has 3 rings (SSSR count). The summed E-state index contributed by atoms with van der Waals surface area (Å²) in [4.78, 5) is 42.5. The van der Waals surface area contributed by atoms with Gasteiger partial charge in [0.25, 0.3) is 5.56 Å². The van der Waals surface area contributed by atoms with Gasteiger partial charge in [0, 0.05) is 6.08 Å². The van der Waals surface area contributed by atoms with Crippen LogP contribution in [0.5, 0.6) is 11.5 Å². The predicted octanol–water partition coefficient (Wildman–Crippen LogP) is 0.940. The van der Waals surface area contributed by atoms with E-state index in [2.05, 4.69) is 9.73 Å². The molecular formula is C21H22N2O7S. The van der Waals surface area contributed by atoms with Gasteiger partial charge in [-0.1, -0.05) is 17.4 Å². The number of carbonyl (C=O) groups excluding carboxylic acids is 2. The van der Waals surface area contributed by atoms with E-state index in [9.17, 15) is 14.4 Å². The third-order valence-corrected chi connectivity index (χ3v) is 5.67. The number of carbonyl (C=O) groups is 2. The second kappa shape index (κ2) is 9.17. The monoisotopic (exact) mass is 446 g/mol. The molecule has 0 saturated carbocycles. The molecule has 1 aromatic carbocycles. The largest absolute Gasteiger partial charge is 0.493 e. The smallest absolute Gasteiger partial charge is 0.338 e. The zero-order valence-electron chi connectivity index (χ0n) is 17.8. The first-order valence-electron chi connectivity index (χ1n) is 9.35. The van der Waals surface area contributed by atoms with Crippen LogP contribution in [0.15, 0.2) is 39.3 Å². The molecule has 2 heterocycles. The fourth-order valence-corrected chi connectivity index (χ4v) is 4.30. The average Bonchev–Trinajstić information content (AvgIpc) is 3.06. The Bertz CT molecular complexity index is 1240. The molecule has 0 aliphatic carbocycles. The van der Waals surface area contributed by atoms with Crippen LogP contribution in [-0.4, -0.2) is 44.4 Å². The molecule has 164 valence electrons. The Morgan fingerprint density at radius 2 is 1.90 bits per heavy atom. The van der Waals surface area contributed by atoms with Gasteiger partial charge in [-0.25, -0.2) is 14.6 Å². The van der Waals surface area contributed by atoms with Crippen molar-refractivity contribution in [3.63, 3.8) is 0 Å². The van der Waals surface area contributed by atoms with Crippen molar-refractivity contribution in [1.29, 1.82) is 0 Å². The normalized spacial score (nSPS) is 15.8. The maximum atomic E-state index is 13.2. The molecule has 9 nitrogen and oxygen atoms in total. The second-order valence-electron chi connectivity index (χ2n) is 6.44. The van der Waals surface area contributed by atoms with Crippen molar-refractivity contribution in [2.24, 2.45) is 4.99 Å². The number of hydrogen-bond acceptors (Lipinski definition) is 9. The molecule has 2 aromatic rings. The summed E-state index contributed by atoms with van der Waals surface area (Å²) in [5.74, 6) is -0.294. The summed E-state index contributed by atoms with van der Waals surface area (Å²) in [6.07, 6.45) is 1.11.